The average Bonchev–Trinajstić information content (AvgIpc) is 3.28. The summed E-state index contributed by atoms with van der Waals surface area (Å²) < 4.78 is -1.79. The third-order valence-electron chi connectivity index (χ3n) is 4.97. The van der Waals surface area contributed by atoms with Crippen LogP contribution in [0.5, 0.6) is 0 Å². The number of likely N-dealkylation sites (tertiary alicyclic amines) is 1. The van der Waals surface area contributed by atoms with Gasteiger partial charge in [-0.1, -0.05) is 46.9 Å². The van der Waals surface area contributed by atoms with Crippen molar-refractivity contribution in [3.63, 3.8) is 0 Å². The minimum Gasteiger partial charge on any atom is -0.465 e. The molecule has 1 amide bonds. The van der Waals surface area contributed by atoms with E-state index in [2.05, 4.69) is 15.0 Å². The Kier molecular flexibility index (Phi) is 5.24. The topological polar surface area (TPSA) is 82.5 Å². The van der Waals surface area contributed by atoms with Crippen LogP contribution >= 0.6 is 46.6 Å². The van der Waals surface area contributed by atoms with E-state index in [9.17, 15) is 9.90 Å². The summed E-state index contributed by atoms with van der Waals surface area (Å²) in [6.07, 6.45) is 1.83. The molecule has 1 aromatic heterocycles. The first-order valence-corrected chi connectivity index (χ1v) is 10.9. The molecule has 2 bridgehead atoms. The Morgan fingerprint density at radius 3 is 2.39 bits per heavy atom. The summed E-state index contributed by atoms with van der Waals surface area (Å²) in [5.74, 6) is 0.860. The highest BCUT2D eigenvalue weighted by Gasteiger charge is 2.46. The second-order valence-electron chi connectivity index (χ2n) is 6.64. The van der Waals surface area contributed by atoms with Gasteiger partial charge in [-0.3, -0.25) is 0 Å². The lowest BCUT2D eigenvalue weighted by Gasteiger charge is -2.33. The smallest absolute Gasteiger partial charge is 0.407 e. The number of hydrogen-bond donors (Lipinski definition) is 1. The molecule has 2 unspecified atom stereocenters. The minimum atomic E-state index is -1.79. The average molecular weight is 461 g/mol. The number of thioether (sulfide) groups is 1. The Hall–Kier alpha value is -1.48. The van der Waals surface area contributed by atoms with Gasteiger partial charge in [0.15, 0.2) is 11.6 Å². The highest BCUT2D eigenvalue weighted by molar-refractivity contribution is 7.98. The lowest BCUT2D eigenvalue weighted by Crippen LogP contribution is -2.49. The normalized spacial score (nSPS) is 21.4. The van der Waals surface area contributed by atoms with E-state index in [1.807, 2.05) is 35.4 Å². The van der Waals surface area contributed by atoms with Gasteiger partial charge in [-0.25, -0.2) is 9.78 Å². The van der Waals surface area contributed by atoms with Gasteiger partial charge in [-0.05, 0) is 24.8 Å². The molecule has 2 aromatic rings. The van der Waals surface area contributed by atoms with Gasteiger partial charge >= 0.3 is 6.09 Å². The molecule has 3 heterocycles. The van der Waals surface area contributed by atoms with Crippen molar-refractivity contribution < 1.29 is 9.90 Å². The molecule has 7 nitrogen and oxygen atoms in total. The van der Waals surface area contributed by atoms with Gasteiger partial charge in [0.05, 0.1) is 12.1 Å². The fourth-order valence-electron chi connectivity index (χ4n) is 3.64. The minimum absolute atomic E-state index is 0.00144. The van der Waals surface area contributed by atoms with Crippen molar-refractivity contribution in [2.24, 2.45) is 0 Å². The fourth-order valence-corrected chi connectivity index (χ4v) is 4.30. The molecule has 4 rings (SSSR count). The van der Waals surface area contributed by atoms with E-state index in [0.717, 1.165) is 16.9 Å². The fraction of sp³-hybridized carbons (Fsp3) is 0.412. The van der Waals surface area contributed by atoms with Gasteiger partial charge in [0.2, 0.25) is 9.74 Å². The van der Waals surface area contributed by atoms with Crippen molar-refractivity contribution in [1.29, 1.82) is 0 Å². The Morgan fingerprint density at radius 2 is 1.86 bits per heavy atom. The molecule has 2 fully saturated rings. The molecular formula is C17H16Cl3N5O2S. The quantitative estimate of drug-likeness (QED) is 0.547. The van der Waals surface area contributed by atoms with E-state index >= 15 is 0 Å². The van der Waals surface area contributed by atoms with Crippen LogP contribution in [0.1, 0.15) is 12.2 Å². The first-order chi connectivity index (χ1) is 13.3. The zero-order valence-electron chi connectivity index (χ0n) is 14.7. The number of nitrogens with zero attached hydrogens (tertiary/aromatic N) is 5. The summed E-state index contributed by atoms with van der Waals surface area (Å²) in [5, 5.41) is 9.29. The number of rotatable bonds is 3. The first-order valence-electron chi connectivity index (χ1n) is 8.50. The van der Waals surface area contributed by atoms with Crippen LogP contribution in [0, 0.1) is 0 Å². The van der Waals surface area contributed by atoms with Crippen LogP contribution in [-0.2, 0) is 3.79 Å². The molecule has 2 aliphatic rings. The third-order valence-corrected chi connectivity index (χ3v) is 6.22. The second kappa shape index (κ2) is 7.40. The highest BCUT2D eigenvalue weighted by Crippen LogP contribution is 2.39. The summed E-state index contributed by atoms with van der Waals surface area (Å²) in [6.45, 7) is 0.914. The largest absolute Gasteiger partial charge is 0.465 e. The molecule has 2 saturated heterocycles. The van der Waals surface area contributed by atoms with E-state index < -0.39 is 9.89 Å². The summed E-state index contributed by atoms with van der Waals surface area (Å²) in [4.78, 5) is 29.2. The van der Waals surface area contributed by atoms with Crippen LogP contribution in [0.25, 0.3) is 11.4 Å². The van der Waals surface area contributed by atoms with Crippen molar-refractivity contribution in [3.8, 4) is 11.4 Å². The van der Waals surface area contributed by atoms with Gasteiger partial charge in [0, 0.05) is 23.5 Å². The lowest BCUT2D eigenvalue weighted by molar-refractivity contribution is 0.137. The molecule has 11 heteroatoms. The number of amides is 1. The summed E-state index contributed by atoms with van der Waals surface area (Å²) in [5.41, 5.74) is 0.786. The summed E-state index contributed by atoms with van der Waals surface area (Å²) in [6, 6.07) is 7.69. The van der Waals surface area contributed by atoms with Crippen molar-refractivity contribution in [1.82, 2.24) is 19.9 Å². The Labute approximate surface area is 181 Å². The number of carbonyl (C=O) groups is 1. The summed E-state index contributed by atoms with van der Waals surface area (Å²) >= 11 is 19.8. The molecule has 2 atom stereocenters. The van der Waals surface area contributed by atoms with E-state index in [1.165, 1.54) is 4.90 Å². The second-order valence-corrected chi connectivity index (χ2v) is 9.80. The SMILES string of the molecule is CSc1ccc(-c2nc(N3CC4CC3CN4C(=O)O)nc(C(Cl)(Cl)Cl)n2)cc1. The Balaban J connectivity index is 1.71. The maximum absolute atomic E-state index is 11.3. The summed E-state index contributed by atoms with van der Waals surface area (Å²) in [7, 11) is 0. The highest BCUT2D eigenvalue weighted by atomic mass is 35.6. The Morgan fingerprint density at radius 1 is 1.14 bits per heavy atom. The van der Waals surface area contributed by atoms with Crippen molar-refractivity contribution in [3.05, 3.63) is 30.1 Å². The van der Waals surface area contributed by atoms with E-state index in [4.69, 9.17) is 34.8 Å². The molecule has 0 spiro atoms. The van der Waals surface area contributed by atoms with Crippen LogP contribution < -0.4 is 4.90 Å². The number of alkyl halides is 3. The number of halogens is 3. The predicted octanol–water partition coefficient (Wildman–Crippen LogP) is 4.03. The van der Waals surface area contributed by atoms with Crippen LogP contribution in [0.4, 0.5) is 10.7 Å². The van der Waals surface area contributed by atoms with Gasteiger partial charge < -0.3 is 14.9 Å². The van der Waals surface area contributed by atoms with Gasteiger partial charge in [0.25, 0.3) is 0 Å². The molecule has 0 radical (unpaired) electrons. The van der Waals surface area contributed by atoms with Gasteiger partial charge in [0.1, 0.15) is 0 Å². The predicted molar refractivity (Wildman–Crippen MR) is 111 cm³/mol. The lowest BCUT2D eigenvalue weighted by atomic mass is 10.2. The molecule has 2 aliphatic heterocycles. The number of anilines is 1. The zero-order valence-corrected chi connectivity index (χ0v) is 17.8. The van der Waals surface area contributed by atoms with E-state index in [0.29, 0.717) is 24.9 Å². The molecule has 148 valence electrons. The van der Waals surface area contributed by atoms with Crippen LogP contribution in [0.3, 0.4) is 0 Å². The van der Waals surface area contributed by atoms with Crippen LogP contribution in [0.15, 0.2) is 29.2 Å². The number of benzene rings is 1. The molecule has 0 saturated carbocycles. The molecular weight excluding hydrogens is 445 g/mol. The van der Waals surface area contributed by atoms with Crippen LogP contribution in [-0.4, -0.2) is 62.5 Å². The van der Waals surface area contributed by atoms with Crippen LogP contribution in [0.2, 0.25) is 0 Å². The molecule has 0 aliphatic carbocycles. The van der Waals surface area contributed by atoms with Crippen molar-refractivity contribution in [2.75, 3.05) is 24.2 Å². The van der Waals surface area contributed by atoms with Crippen molar-refractivity contribution in [2.45, 2.75) is 27.2 Å². The zero-order chi connectivity index (χ0) is 20.1. The third kappa shape index (κ3) is 3.70. The maximum atomic E-state index is 11.3. The standard InChI is InChI=1S/C17H16Cl3N5O2S/c1-28-12-4-2-9(3-5-12)13-21-14(17(18,19)20)23-15(22-13)24-7-11-6-10(24)8-25(11)16(26)27/h2-5,10-11H,6-8H2,1H3,(H,26,27). The number of carboxylic acid groups (broad SMARTS) is 1. The molecule has 1 aromatic carbocycles. The Bertz CT molecular complexity index is 909. The number of aromatic nitrogens is 3. The number of hydrogen-bond acceptors (Lipinski definition) is 6. The van der Waals surface area contributed by atoms with Gasteiger partial charge in [-0.2, -0.15) is 9.97 Å². The number of piperazine rings is 1. The first kappa shape index (κ1) is 19.8. The molecule has 1 N–H and O–H groups in total. The van der Waals surface area contributed by atoms with E-state index in [-0.39, 0.29) is 17.9 Å². The van der Waals surface area contributed by atoms with Crippen molar-refractivity contribution >= 4 is 58.6 Å². The van der Waals surface area contributed by atoms with Gasteiger partial charge in [-0.15, -0.1) is 11.8 Å². The number of fused-ring (bicyclic) bond motifs is 2. The molecule has 28 heavy (non-hydrogen) atoms. The van der Waals surface area contributed by atoms with E-state index in [1.54, 1.807) is 11.8 Å². The monoisotopic (exact) mass is 459 g/mol. The maximum Gasteiger partial charge on any atom is 0.407 e.